The van der Waals surface area contributed by atoms with Gasteiger partial charge in [-0.1, -0.05) is 11.6 Å². The van der Waals surface area contributed by atoms with Gasteiger partial charge in [-0.05, 0) is 29.8 Å². The Bertz CT molecular complexity index is 791. The molecule has 148 valence electrons. The highest BCUT2D eigenvalue weighted by Gasteiger charge is 2.28. The highest BCUT2D eigenvalue weighted by atomic mass is 127. The van der Waals surface area contributed by atoms with Gasteiger partial charge in [0, 0.05) is 18.0 Å². The molecule has 0 spiro atoms. The number of benzene rings is 1. The maximum Gasteiger partial charge on any atom is 0.422 e. The molecule has 0 aliphatic heterocycles. The molecule has 0 unspecified atom stereocenters. The largest absolute Gasteiger partial charge is 0.495 e. The first-order valence-electron chi connectivity index (χ1n) is 7.32. The number of alkyl halides is 3. The fourth-order valence-corrected chi connectivity index (χ4v) is 2.15. The van der Waals surface area contributed by atoms with Gasteiger partial charge in [0.1, 0.15) is 5.75 Å². The van der Waals surface area contributed by atoms with Gasteiger partial charge < -0.3 is 20.5 Å². The maximum absolute atomic E-state index is 12.2. The predicted octanol–water partition coefficient (Wildman–Crippen LogP) is 4.23. The van der Waals surface area contributed by atoms with Crippen molar-refractivity contribution in [1.82, 2.24) is 4.98 Å². The monoisotopic (exact) mass is 516 g/mol. The molecule has 1 heterocycles. The van der Waals surface area contributed by atoms with Gasteiger partial charge >= 0.3 is 6.18 Å². The van der Waals surface area contributed by atoms with E-state index < -0.39 is 12.8 Å². The Balaban J connectivity index is 0.00000364. The molecule has 0 amide bonds. The molecule has 0 saturated carbocycles. The molecule has 1 aromatic carbocycles. The van der Waals surface area contributed by atoms with E-state index in [2.05, 4.69) is 20.0 Å². The van der Waals surface area contributed by atoms with Crippen LogP contribution in [-0.4, -0.2) is 30.8 Å². The molecule has 0 radical (unpaired) electrons. The van der Waals surface area contributed by atoms with Gasteiger partial charge in [0.25, 0.3) is 0 Å². The number of ether oxygens (including phenoxy) is 2. The average Bonchev–Trinajstić information content (AvgIpc) is 2.58. The van der Waals surface area contributed by atoms with Gasteiger partial charge in [-0.3, -0.25) is 0 Å². The quantitative estimate of drug-likeness (QED) is 0.341. The minimum Gasteiger partial charge on any atom is -0.495 e. The second-order valence-corrected chi connectivity index (χ2v) is 5.49. The van der Waals surface area contributed by atoms with Gasteiger partial charge in [0.2, 0.25) is 5.88 Å². The van der Waals surface area contributed by atoms with Crippen LogP contribution in [-0.2, 0) is 6.54 Å². The number of rotatable bonds is 6. The summed E-state index contributed by atoms with van der Waals surface area (Å²) in [6.07, 6.45) is -3.09. The molecule has 6 nitrogen and oxygen atoms in total. The van der Waals surface area contributed by atoms with E-state index in [1.807, 2.05) is 0 Å². The highest BCUT2D eigenvalue weighted by Crippen LogP contribution is 2.27. The van der Waals surface area contributed by atoms with Crippen molar-refractivity contribution in [3.8, 4) is 11.6 Å². The van der Waals surface area contributed by atoms with E-state index in [4.69, 9.17) is 22.1 Å². The first kappa shape index (κ1) is 23.1. The zero-order chi connectivity index (χ0) is 19.2. The predicted molar refractivity (Wildman–Crippen MR) is 108 cm³/mol. The number of nitrogens with one attached hydrogen (secondary N) is 1. The lowest BCUT2D eigenvalue weighted by atomic mass is 10.3. The van der Waals surface area contributed by atoms with Crippen molar-refractivity contribution in [1.29, 1.82) is 0 Å². The Labute approximate surface area is 175 Å². The third-order valence-electron chi connectivity index (χ3n) is 3.04. The highest BCUT2D eigenvalue weighted by molar-refractivity contribution is 14.0. The summed E-state index contributed by atoms with van der Waals surface area (Å²) in [5.41, 5.74) is 7.00. The molecule has 27 heavy (non-hydrogen) atoms. The van der Waals surface area contributed by atoms with Crippen molar-refractivity contribution in [2.75, 3.05) is 19.0 Å². The van der Waals surface area contributed by atoms with Crippen LogP contribution in [0, 0.1) is 0 Å². The molecular formula is C16H17ClF3IN4O2. The summed E-state index contributed by atoms with van der Waals surface area (Å²) >= 11 is 6.02. The number of nitrogens with two attached hydrogens (primary N) is 1. The Morgan fingerprint density at radius 1 is 1.30 bits per heavy atom. The van der Waals surface area contributed by atoms with Crippen LogP contribution in [0.15, 0.2) is 41.5 Å². The first-order chi connectivity index (χ1) is 12.3. The summed E-state index contributed by atoms with van der Waals surface area (Å²) < 4.78 is 46.1. The van der Waals surface area contributed by atoms with Gasteiger partial charge in [-0.2, -0.15) is 13.2 Å². The van der Waals surface area contributed by atoms with Crippen LogP contribution in [0.25, 0.3) is 0 Å². The van der Waals surface area contributed by atoms with Gasteiger partial charge in [-0.25, -0.2) is 9.98 Å². The van der Waals surface area contributed by atoms with E-state index in [0.29, 0.717) is 22.0 Å². The van der Waals surface area contributed by atoms with Gasteiger partial charge in [0.15, 0.2) is 12.6 Å². The lowest BCUT2D eigenvalue weighted by molar-refractivity contribution is -0.154. The molecule has 2 rings (SSSR count). The summed E-state index contributed by atoms with van der Waals surface area (Å²) in [6, 6.07) is 7.97. The topological polar surface area (TPSA) is 81.8 Å². The number of methoxy groups -OCH3 is 1. The molecule has 0 saturated heterocycles. The first-order valence-corrected chi connectivity index (χ1v) is 7.69. The fraction of sp³-hybridized carbons (Fsp3) is 0.250. The third-order valence-corrected chi connectivity index (χ3v) is 3.33. The number of hydrogen-bond acceptors (Lipinski definition) is 4. The Kier molecular flexibility index (Phi) is 8.89. The van der Waals surface area contributed by atoms with Crippen molar-refractivity contribution in [2.45, 2.75) is 12.7 Å². The van der Waals surface area contributed by atoms with E-state index in [-0.39, 0.29) is 42.4 Å². The number of aromatic nitrogens is 1. The van der Waals surface area contributed by atoms with Gasteiger partial charge in [-0.15, -0.1) is 24.0 Å². The minimum absolute atomic E-state index is 0. The van der Waals surface area contributed by atoms with Crippen molar-refractivity contribution < 1.29 is 22.6 Å². The summed E-state index contributed by atoms with van der Waals surface area (Å²) in [4.78, 5) is 7.83. The third kappa shape index (κ3) is 8.08. The zero-order valence-electron chi connectivity index (χ0n) is 14.1. The van der Waals surface area contributed by atoms with Crippen molar-refractivity contribution >= 4 is 47.2 Å². The van der Waals surface area contributed by atoms with Crippen LogP contribution >= 0.6 is 35.6 Å². The molecule has 1 aromatic heterocycles. The number of anilines is 1. The Hall–Kier alpha value is -1.95. The van der Waals surface area contributed by atoms with Crippen molar-refractivity contribution in [3.05, 3.63) is 47.1 Å². The summed E-state index contributed by atoms with van der Waals surface area (Å²) in [5.74, 6) is 0.500. The summed E-state index contributed by atoms with van der Waals surface area (Å²) in [7, 11) is 1.51. The van der Waals surface area contributed by atoms with E-state index >= 15 is 0 Å². The molecule has 0 fully saturated rings. The summed E-state index contributed by atoms with van der Waals surface area (Å²) in [6.45, 7) is -1.28. The van der Waals surface area contributed by atoms with Gasteiger partial charge in [0.05, 0.1) is 18.7 Å². The number of nitrogens with zero attached hydrogens (tertiary/aromatic N) is 2. The fourth-order valence-electron chi connectivity index (χ4n) is 1.89. The molecule has 3 N–H and O–H groups in total. The lowest BCUT2D eigenvalue weighted by Crippen LogP contribution is -2.22. The SMILES string of the molecule is COc1ccc(NC(N)=NCc2ccnc(OCC(F)(F)F)c2)cc1Cl.I. The van der Waals surface area contributed by atoms with Crippen LogP contribution in [0.3, 0.4) is 0 Å². The molecule has 0 aliphatic carbocycles. The maximum atomic E-state index is 12.2. The smallest absolute Gasteiger partial charge is 0.422 e. The van der Waals surface area contributed by atoms with Crippen LogP contribution in [0.5, 0.6) is 11.6 Å². The molecule has 2 aromatic rings. The summed E-state index contributed by atoms with van der Waals surface area (Å²) in [5, 5.41) is 3.26. The molecule has 0 atom stereocenters. The normalized spacial score (nSPS) is 11.5. The van der Waals surface area contributed by atoms with Crippen molar-refractivity contribution in [2.24, 2.45) is 10.7 Å². The molecular weight excluding hydrogens is 500 g/mol. The number of aliphatic imine (C=N–C) groups is 1. The van der Waals surface area contributed by atoms with E-state index in [9.17, 15) is 13.2 Å². The van der Waals surface area contributed by atoms with E-state index in [1.165, 1.54) is 19.4 Å². The second-order valence-electron chi connectivity index (χ2n) is 5.08. The Morgan fingerprint density at radius 2 is 2.04 bits per heavy atom. The Morgan fingerprint density at radius 3 is 2.67 bits per heavy atom. The number of guanidine groups is 1. The van der Waals surface area contributed by atoms with E-state index in [0.717, 1.165) is 0 Å². The van der Waals surface area contributed by atoms with Crippen LogP contribution in [0.1, 0.15) is 5.56 Å². The molecule has 0 bridgehead atoms. The van der Waals surface area contributed by atoms with Crippen LogP contribution in [0.4, 0.5) is 18.9 Å². The van der Waals surface area contributed by atoms with Crippen molar-refractivity contribution in [3.63, 3.8) is 0 Å². The second kappa shape index (κ2) is 10.4. The number of hydrogen-bond donors (Lipinski definition) is 2. The van der Waals surface area contributed by atoms with Crippen LogP contribution < -0.4 is 20.5 Å². The molecule has 11 heteroatoms. The number of halogens is 5. The zero-order valence-corrected chi connectivity index (χ0v) is 17.2. The minimum atomic E-state index is -4.43. The molecule has 0 aliphatic rings. The van der Waals surface area contributed by atoms with E-state index in [1.54, 1.807) is 24.3 Å². The number of pyridine rings is 1. The van der Waals surface area contributed by atoms with Crippen LogP contribution in [0.2, 0.25) is 5.02 Å². The lowest BCUT2D eigenvalue weighted by Gasteiger charge is -2.09. The average molecular weight is 517 g/mol. The standard InChI is InChI=1S/C16H16ClF3N4O2.HI/c1-25-13-3-2-11(7-12(13)17)24-15(21)23-8-10-4-5-22-14(6-10)26-9-16(18,19)20;/h2-7H,8-9H2,1H3,(H3,21,23,24);1H.